The average Bonchev–Trinajstić information content (AvgIpc) is 1.08. The molecule has 4 aliphatic heterocycles. The Labute approximate surface area is 624 Å². The van der Waals surface area contributed by atoms with Crippen molar-refractivity contribution in [3.63, 3.8) is 0 Å². The van der Waals surface area contributed by atoms with Crippen LogP contribution in [0.2, 0.25) is 0 Å². The number of anilines is 6. The van der Waals surface area contributed by atoms with Gasteiger partial charge in [0.1, 0.15) is 45.3 Å². The van der Waals surface area contributed by atoms with Crippen LogP contribution in [-0.4, -0.2) is 21.5 Å². The molecule has 107 heavy (non-hydrogen) atoms. The summed E-state index contributed by atoms with van der Waals surface area (Å²) in [5.41, 5.74) is 24.4. The molecule has 0 fully saturated rings. The molecule has 6 nitrogen and oxygen atoms in total. The normalized spacial score (nSPS) is 13.4. The summed E-state index contributed by atoms with van der Waals surface area (Å²) in [6.07, 6.45) is 0. The maximum atomic E-state index is 8.19. The van der Waals surface area contributed by atoms with Crippen molar-refractivity contribution in [3.8, 4) is 56.4 Å². The second-order valence-electron chi connectivity index (χ2n) is 31.3. The summed E-state index contributed by atoms with van der Waals surface area (Å²) in [6, 6.07) is 121. The van der Waals surface area contributed by atoms with Crippen LogP contribution in [0.25, 0.3) is 77.3 Å². The Morgan fingerprint density at radius 1 is 0.280 bits per heavy atom. The third-order valence-electron chi connectivity index (χ3n) is 23.2. The van der Waals surface area contributed by atoms with Crippen molar-refractivity contribution >= 4 is 153 Å². The summed E-state index contributed by atoms with van der Waals surface area (Å²) in [4.78, 5) is 5.12. The van der Waals surface area contributed by atoms with E-state index in [-0.39, 0.29) is 24.3 Å². The Morgan fingerprint density at radius 2 is 0.757 bits per heavy atom. The molecule has 0 atom stereocenters. The molecule has 0 unspecified atom stereocenters. The largest absolute Gasteiger partial charge is 0.459 e. The van der Waals surface area contributed by atoms with E-state index in [1.54, 1.807) is 0 Å². The first-order valence-electron chi connectivity index (χ1n) is 37.3. The molecule has 4 aliphatic rings. The Bertz CT molecular complexity index is 6400. The molecule has 15 aromatic carbocycles. The van der Waals surface area contributed by atoms with Crippen molar-refractivity contribution < 1.29 is 18.3 Å². The van der Waals surface area contributed by atoms with E-state index in [2.05, 4.69) is 379 Å². The third kappa shape index (κ3) is 9.59. The highest BCUT2D eigenvalue weighted by atomic mass is 28.3. The van der Waals surface area contributed by atoms with Gasteiger partial charge in [-0.05, 0) is 165 Å². The molecular weight excluding hydrogens is 1320 g/mol. The zero-order chi connectivity index (χ0) is 71.6. The number of furan rings is 2. The van der Waals surface area contributed by atoms with Crippen LogP contribution in [0.5, 0.6) is 23.0 Å². The number of hydrogen-bond donors (Lipinski definition) is 0. The number of nitrogens with zero attached hydrogens (tertiary/aromatic N) is 2. The molecule has 9 heteroatoms. The van der Waals surface area contributed by atoms with Gasteiger partial charge in [0.15, 0.2) is 8.07 Å². The quantitative estimate of drug-likeness (QED) is 0.106. The van der Waals surface area contributed by atoms with Crippen molar-refractivity contribution in [2.24, 2.45) is 0 Å². The maximum Gasteiger partial charge on any atom is 0.260 e. The molecular formula is C98H72B2N2O4Si. The lowest BCUT2D eigenvalue weighted by Gasteiger charge is -2.47. The second-order valence-corrected chi connectivity index (χ2v) is 35.2. The minimum absolute atomic E-state index is 0.211. The Morgan fingerprint density at radius 3 is 1.34 bits per heavy atom. The lowest BCUT2D eigenvalue weighted by molar-refractivity contribution is 0.466. The summed E-state index contributed by atoms with van der Waals surface area (Å²) in [5, 5.41) is 9.38. The van der Waals surface area contributed by atoms with Crippen LogP contribution in [0.4, 0.5) is 34.1 Å². The van der Waals surface area contributed by atoms with Crippen LogP contribution in [0, 0.1) is 0 Å². The first kappa shape index (κ1) is 63.0. The van der Waals surface area contributed by atoms with Gasteiger partial charge in [0.05, 0.1) is 22.1 Å². The number of rotatable bonds is 9. The molecule has 2 aromatic heterocycles. The van der Waals surface area contributed by atoms with Crippen LogP contribution in [-0.2, 0) is 10.8 Å². The molecule has 0 bridgehead atoms. The van der Waals surface area contributed by atoms with E-state index in [9.17, 15) is 0 Å². The standard InChI is InChI=1S/C98H72B2N2O4Si/c1-97(2,3)66-50-52-76-88(59-66)105-96-93-83(60-89-94(96)99(76)77-55-65(62-31-14-8-15-32-62)54-74(95(77)106-89)64-33-26-40-71(53-64)107(68-34-16-9-17-35-68,69-36-18-10-19-37-69)70-38-20-11-21-39-70)102(79-44-28-48-87-91(79)73-42-23-25-46-85(73)104-87)82-58-67(98(4,5)6)57-81-92(82)100(93)75-51-49-63(61-29-12-7-13-30-61)56-80(75)101(81)78-43-27-47-86-90(78)72-41-22-24-45-84(72)103-86/h7-60H,1-6H3. The zero-order valence-corrected chi connectivity index (χ0v) is 61.4. The summed E-state index contributed by atoms with van der Waals surface area (Å²) in [5.74, 6) is 3.20. The number of ether oxygens (including phenoxy) is 2. The molecule has 0 aliphatic carbocycles. The highest BCUT2D eigenvalue weighted by molar-refractivity contribution is 7.20. The monoisotopic (exact) mass is 1390 g/mol. The Hall–Kier alpha value is -12.6. The second kappa shape index (κ2) is 23.7. The fraction of sp³-hybridized carbons (Fsp3) is 0.0816. The van der Waals surface area contributed by atoms with E-state index < -0.39 is 8.07 Å². The average molecular weight is 1390 g/mol. The fourth-order valence-electron chi connectivity index (χ4n) is 18.2. The molecule has 0 saturated carbocycles. The van der Waals surface area contributed by atoms with Crippen LogP contribution < -0.4 is 72.8 Å². The van der Waals surface area contributed by atoms with Gasteiger partial charge in [-0.1, -0.05) is 296 Å². The van der Waals surface area contributed by atoms with Crippen molar-refractivity contribution in [1.29, 1.82) is 0 Å². The van der Waals surface area contributed by atoms with Crippen molar-refractivity contribution in [1.82, 2.24) is 0 Å². The zero-order valence-electron chi connectivity index (χ0n) is 60.4. The van der Waals surface area contributed by atoms with Gasteiger partial charge >= 0.3 is 0 Å². The molecule has 17 aromatic rings. The van der Waals surface area contributed by atoms with Crippen molar-refractivity contribution in [2.75, 3.05) is 9.80 Å². The van der Waals surface area contributed by atoms with Crippen LogP contribution in [0.3, 0.4) is 0 Å². The van der Waals surface area contributed by atoms with E-state index in [0.29, 0.717) is 0 Å². The summed E-state index contributed by atoms with van der Waals surface area (Å²) >= 11 is 0. The number of para-hydroxylation sites is 2. The first-order chi connectivity index (χ1) is 52.3. The molecule has 508 valence electrons. The summed E-state index contributed by atoms with van der Waals surface area (Å²) < 4.78 is 30.1. The molecule has 0 amide bonds. The number of benzene rings is 15. The Kier molecular flexibility index (Phi) is 14.0. The van der Waals surface area contributed by atoms with E-state index in [1.807, 2.05) is 0 Å². The van der Waals surface area contributed by atoms with Gasteiger partial charge in [-0.3, -0.25) is 0 Å². The molecule has 6 heterocycles. The highest BCUT2D eigenvalue weighted by Crippen LogP contribution is 2.54. The van der Waals surface area contributed by atoms with Gasteiger partial charge in [-0.15, -0.1) is 0 Å². The lowest BCUT2D eigenvalue weighted by Crippen LogP contribution is -2.74. The minimum Gasteiger partial charge on any atom is -0.459 e. The van der Waals surface area contributed by atoms with Gasteiger partial charge in [-0.25, -0.2) is 0 Å². The summed E-state index contributed by atoms with van der Waals surface area (Å²) in [7, 11) is -3.03. The predicted molar refractivity (Wildman–Crippen MR) is 450 cm³/mol. The minimum atomic E-state index is -3.03. The highest BCUT2D eigenvalue weighted by Gasteiger charge is 2.52. The smallest absolute Gasteiger partial charge is 0.260 e. The topological polar surface area (TPSA) is 51.2 Å². The molecule has 0 saturated heterocycles. The van der Waals surface area contributed by atoms with E-state index in [4.69, 9.17) is 18.3 Å². The van der Waals surface area contributed by atoms with Gasteiger partial charge in [0.25, 0.3) is 13.4 Å². The number of fused-ring (bicyclic) bond motifs is 15. The van der Waals surface area contributed by atoms with Crippen molar-refractivity contribution in [2.45, 2.75) is 52.4 Å². The molecule has 0 spiro atoms. The SMILES string of the molecule is CC(C)(C)c1ccc2c(c1)Oc1c3c(cc4c1B1c5ccc(-c6ccccc6)cc5N(c5cccc6oc7ccccc7c56)c5cc(C(C)(C)C)cc(c51)N4c1cccc4oc5ccccc5c14)Oc1c(cc(-c4ccccc4)cc1-c1cccc([Si](c4ccccc4)(c4ccccc4)c4ccccc4)c1)B23. The van der Waals surface area contributed by atoms with Gasteiger partial charge in [-0.2, -0.15) is 0 Å². The Balaban J connectivity index is 0.891. The van der Waals surface area contributed by atoms with E-state index in [0.717, 1.165) is 167 Å². The van der Waals surface area contributed by atoms with Crippen LogP contribution in [0.1, 0.15) is 52.7 Å². The van der Waals surface area contributed by atoms with Crippen LogP contribution >= 0.6 is 0 Å². The maximum absolute atomic E-state index is 8.19. The molecule has 0 radical (unpaired) electrons. The third-order valence-corrected chi connectivity index (χ3v) is 28.0. The van der Waals surface area contributed by atoms with Gasteiger partial charge in [0, 0.05) is 50.6 Å². The van der Waals surface area contributed by atoms with Gasteiger partial charge < -0.3 is 28.1 Å². The summed E-state index contributed by atoms with van der Waals surface area (Å²) in [6.45, 7) is 13.2. The number of hydrogen-bond acceptors (Lipinski definition) is 6. The van der Waals surface area contributed by atoms with Gasteiger partial charge in [0.2, 0.25) is 0 Å². The fourth-order valence-corrected chi connectivity index (χ4v) is 23.0. The lowest BCUT2D eigenvalue weighted by atomic mass is 9.30. The molecule has 21 rings (SSSR count). The first-order valence-corrected chi connectivity index (χ1v) is 39.3. The van der Waals surface area contributed by atoms with E-state index >= 15 is 0 Å². The molecule has 0 N–H and O–H groups in total. The van der Waals surface area contributed by atoms with Crippen molar-refractivity contribution in [3.05, 3.63) is 339 Å². The van der Waals surface area contributed by atoms with Crippen LogP contribution in [0.15, 0.2) is 336 Å². The predicted octanol–water partition coefficient (Wildman–Crippen LogP) is 19.3. The van der Waals surface area contributed by atoms with E-state index in [1.165, 1.54) is 31.9 Å².